The van der Waals surface area contributed by atoms with E-state index in [1.165, 1.54) is 53.1 Å². The van der Waals surface area contributed by atoms with E-state index in [1.807, 2.05) is 11.3 Å². The van der Waals surface area contributed by atoms with Crippen molar-refractivity contribution < 1.29 is 0 Å². The zero-order valence-electron chi connectivity index (χ0n) is 14.3. The van der Waals surface area contributed by atoms with Crippen LogP contribution in [0.2, 0.25) is 0 Å². The Morgan fingerprint density at radius 2 is 1.44 bits per heavy atom. The first-order valence-corrected chi connectivity index (χ1v) is 10.5. The Morgan fingerprint density at radius 1 is 0.667 bits per heavy atom. The summed E-state index contributed by atoms with van der Waals surface area (Å²) in [4.78, 5) is 3.63. The molecule has 0 amide bonds. The molecule has 0 aliphatic carbocycles. The van der Waals surface area contributed by atoms with E-state index in [1.54, 1.807) is 0 Å². The van der Waals surface area contributed by atoms with Gasteiger partial charge in [-0.25, -0.2) is 0 Å². The molecule has 0 aliphatic heterocycles. The molecule has 0 aliphatic rings. The number of H-pyrrole nitrogens is 1. The van der Waals surface area contributed by atoms with Crippen LogP contribution in [0.15, 0.2) is 83.3 Å². The predicted molar refractivity (Wildman–Crippen MR) is 122 cm³/mol. The van der Waals surface area contributed by atoms with E-state index in [-0.39, 0.29) is 0 Å². The van der Waals surface area contributed by atoms with Crippen LogP contribution in [-0.4, -0.2) is 4.98 Å². The van der Waals surface area contributed by atoms with Gasteiger partial charge in [-0.3, -0.25) is 0 Å². The Bertz CT molecular complexity index is 1490. The first-order chi connectivity index (χ1) is 13.3. The number of nitrogens with one attached hydrogen (secondary N) is 1. The summed E-state index contributed by atoms with van der Waals surface area (Å²) in [6.45, 7) is 0. The van der Waals surface area contributed by atoms with Crippen molar-refractivity contribution in [3.8, 4) is 11.1 Å². The van der Waals surface area contributed by atoms with Crippen molar-refractivity contribution in [2.45, 2.75) is 0 Å². The molecule has 0 atom stereocenters. The van der Waals surface area contributed by atoms with Crippen molar-refractivity contribution in [2.75, 3.05) is 0 Å². The molecule has 0 unspecified atom stereocenters. The lowest BCUT2D eigenvalue weighted by molar-refractivity contribution is 1.53. The van der Waals surface area contributed by atoms with Gasteiger partial charge in [0.15, 0.2) is 0 Å². The number of aromatic nitrogens is 1. The summed E-state index contributed by atoms with van der Waals surface area (Å²) in [5, 5.41) is 5.18. The molecule has 27 heavy (non-hydrogen) atoms. The molecule has 0 bridgehead atoms. The van der Waals surface area contributed by atoms with Gasteiger partial charge in [0.25, 0.3) is 0 Å². The van der Waals surface area contributed by atoms with Gasteiger partial charge in [-0.2, -0.15) is 0 Å². The molecule has 128 valence electrons. The van der Waals surface area contributed by atoms with Crippen LogP contribution in [0.1, 0.15) is 0 Å². The summed E-state index contributed by atoms with van der Waals surface area (Å²) in [6, 6.07) is 28.4. The fraction of sp³-hybridized carbons (Fsp3) is 0. The topological polar surface area (TPSA) is 15.8 Å². The second-order valence-corrected chi connectivity index (χ2v) is 8.86. The minimum absolute atomic E-state index is 1.10. The quantitative estimate of drug-likeness (QED) is 0.272. The number of benzene rings is 4. The van der Waals surface area contributed by atoms with Crippen LogP contribution in [0, 0.1) is 0 Å². The first-order valence-electron chi connectivity index (χ1n) is 8.89. The Balaban J connectivity index is 1.70. The third kappa shape index (κ3) is 2.29. The molecule has 1 N–H and O–H groups in total. The number of fused-ring (bicyclic) bond motifs is 6. The van der Waals surface area contributed by atoms with Gasteiger partial charge < -0.3 is 4.98 Å². The van der Waals surface area contributed by atoms with Crippen LogP contribution in [-0.2, 0) is 0 Å². The van der Waals surface area contributed by atoms with Gasteiger partial charge in [-0.05, 0) is 42.0 Å². The van der Waals surface area contributed by atoms with E-state index >= 15 is 0 Å². The minimum Gasteiger partial charge on any atom is -0.354 e. The summed E-state index contributed by atoms with van der Waals surface area (Å²) < 4.78 is 3.78. The normalized spacial score (nSPS) is 11.9. The van der Waals surface area contributed by atoms with Gasteiger partial charge in [0, 0.05) is 46.5 Å². The SMILES string of the molecule is Brc1cc(-c2ccc3sc4ccccc4c3c2)c2[nH]c3ccccc3c2c1. The molecule has 2 heterocycles. The summed E-state index contributed by atoms with van der Waals surface area (Å²) in [7, 11) is 0. The van der Waals surface area contributed by atoms with E-state index in [2.05, 4.69) is 99.8 Å². The Kier molecular flexibility index (Phi) is 3.25. The molecule has 6 aromatic rings. The fourth-order valence-electron chi connectivity index (χ4n) is 4.04. The predicted octanol–water partition coefficient (Wildman–Crippen LogP) is 8.12. The second-order valence-electron chi connectivity index (χ2n) is 6.86. The standard InChI is InChI=1S/C24H14BrNS/c25-15-12-18(24-20(13-15)16-5-1-3-7-21(16)26-24)14-9-10-23-19(11-14)17-6-2-4-8-22(17)27-23/h1-13,26H. The number of thiophene rings is 1. The lowest BCUT2D eigenvalue weighted by Gasteiger charge is -2.06. The zero-order chi connectivity index (χ0) is 18.0. The molecule has 3 heteroatoms. The maximum atomic E-state index is 3.72. The Hall–Kier alpha value is -2.62. The molecular weight excluding hydrogens is 414 g/mol. The molecule has 0 fully saturated rings. The molecular formula is C24H14BrNS. The average molecular weight is 428 g/mol. The molecule has 0 saturated heterocycles. The van der Waals surface area contributed by atoms with Crippen LogP contribution in [0.3, 0.4) is 0 Å². The molecule has 0 saturated carbocycles. The van der Waals surface area contributed by atoms with Gasteiger partial charge in [-0.15, -0.1) is 11.3 Å². The minimum atomic E-state index is 1.10. The highest BCUT2D eigenvalue weighted by Gasteiger charge is 2.13. The number of aromatic amines is 1. The van der Waals surface area contributed by atoms with Crippen LogP contribution in [0.4, 0.5) is 0 Å². The molecule has 1 nitrogen and oxygen atoms in total. The highest BCUT2D eigenvalue weighted by atomic mass is 79.9. The van der Waals surface area contributed by atoms with E-state index < -0.39 is 0 Å². The van der Waals surface area contributed by atoms with Gasteiger partial charge in [0.2, 0.25) is 0 Å². The fourth-order valence-corrected chi connectivity index (χ4v) is 5.58. The number of para-hydroxylation sites is 1. The smallest absolute Gasteiger partial charge is 0.0545 e. The maximum absolute atomic E-state index is 3.72. The summed E-state index contributed by atoms with van der Waals surface area (Å²) >= 11 is 5.58. The summed E-state index contributed by atoms with van der Waals surface area (Å²) in [6.07, 6.45) is 0. The van der Waals surface area contributed by atoms with Crippen molar-refractivity contribution in [3.63, 3.8) is 0 Å². The summed E-state index contributed by atoms with van der Waals surface area (Å²) in [5.41, 5.74) is 4.84. The maximum Gasteiger partial charge on any atom is 0.0545 e. The van der Waals surface area contributed by atoms with Crippen molar-refractivity contribution in [3.05, 3.63) is 83.3 Å². The van der Waals surface area contributed by atoms with E-state index in [4.69, 9.17) is 0 Å². The van der Waals surface area contributed by atoms with Crippen molar-refractivity contribution in [1.29, 1.82) is 0 Å². The van der Waals surface area contributed by atoms with Gasteiger partial charge in [0.05, 0.1) is 5.52 Å². The number of hydrogen-bond donors (Lipinski definition) is 1. The average Bonchev–Trinajstić information content (AvgIpc) is 3.25. The van der Waals surface area contributed by atoms with Crippen molar-refractivity contribution >= 4 is 69.2 Å². The Morgan fingerprint density at radius 3 is 2.37 bits per heavy atom. The largest absolute Gasteiger partial charge is 0.354 e. The number of rotatable bonds is 1. The van der Waals surface area contributed by atoms with Crippen LogP contribution in [0.5, 0.6) is 0 Å². The van der Waals surface area contributed by atoms with Gasteiger partial charge in [-0.1, -0.05) is 58.4 Å². The van der Waals surface area contributed by atoms with Gasteiger partial charge >= 0.3 is 0 Å². The first kappa shape index (κ1) is 15.4. The molecule has 4 aromatic carbocycles. The van der Waals surface area contributed by atoms with Gasteiger partial charge in [0.1, 0.15) is 0 Å². The number of halogens is 1. The highest BCUT2D eigenvalue weighted by Crippen LogP contribution is 2.40. The zero-order valence-corrected chi connectivity index (χ0v) is 16.7. The third-order valence-electron chi connectivity index (χ3n) is 5.27. The van der Waals surface area contributed by atoms with Crippen LogP contribution >= 0.6 is 27.3 Å². The van der Waals surface area contributed by atoms with Crippen LogP contribution in [0.25, 0.3) is 53.1 Å². The highest BCUT2D eigenvalue weighted by molar-refractivity contribution is 9.10. The molecule has 2 aromatic heterocycles. The van der Waals surface area contributed by atoms with E-state index in [0.717, 1.165) is 4.47 Å². The third-order valence-corrected chi connectivity index (χ3v) is 6.88. The molecule has 6 rings (SSSR count). The molecule has 0 spiro atoms. The van der Waals surface area contributed by atoms with E-state index in [9.17, 15) is 0 Å². The monoisotopic (exact) mass is 427 g/mol. The van der Waals surface area contributed by atoms with Crippen LogP contribution < -0.4 is 0 Å². The van der Waals surface area contributed by atoms with Crippen molar-refractivity contribution in [2.24, 2.45) is 0 Å². The lowest BCUT2D eigenvalue weighted by atomic mass is 10.00. The number of hydrogen-bond acceptors (Lipinski definition) is 1. The summed E-state index contributed by atoms with van der Waals surface area (Å²) in [5.74, 6) is 0. The van der Waals surface area contributed by atoms with Crippen molar-refractivity contribution in [1.82, 2.24) is 4.98 Å². The lowest BCUT2D eigenvalue weighted by Crippen LogP contribution is -1.82. The Labute approximate surface area is 168 Å². The molecule has 0 radical (unpaired) electrons. The van der Waals surface area contributed by atoms with E-state index in [0.29, 0.717) is 0 Å². The second kappa shape index (κ2) is 5.69.